The molecule has 0 unspecified atom stereocenters. The maximum Gasteiger partial charge on any atom is 0.240 e. The highest BCUT2D eigenvalue weighted by Crippen LogP contribution is 2.48. The van der Waals surface area contributed by atoms with Gasteiger partial charge in [-0.15, -0.1) is 0 Å². The SMILES string of the molecule is CC1(C)COc2c(Oc3ccc(NC(=O)C4(C(=O)Nc5ccc(F)cc5)CC4)cc3F)ccnc2N1. The maximum atomic E-state index is 14.9. The van der Waals surface area contributed by atoms with Crippen molar-refractivity contribution in [3.63, 3.8) is 0 Å². The number of benzene rings is 2. The van der Waals surface area contributed by atoms with Gasteiger partial charge in [0.2, 0.25) is 17.6 Å². The summed E-state index contributed by atoms with van der Waals surface area (Å²) in [6, 6.07) is 10.8. The van der Waals surface area contributed by atoms with Crippen molar-refractivity contribution in [2.45, 2.75) is 32.2 Å². The first-order chi connectivity index (χ1) is 17.1. The molecule has 10 heteroatoms. The Labute approximate surface area is 206 Å². The van der Waals surface area contributed by atoms with E-state index < -0.39 is 28.9 Å². The van der Waals surface area contributed by atoms with Crippen LogP contribution in [0, 0.1) is 17.0 Å². The summed E-state index contributed by atoms with van der Waals surface area (Å²) >= 11 is 0. The largest absolute Gasteiger partial charge is 0.484 e. The molecule has 1 aliphatic carbocycles. The van der Waals surface area contributed by atoms with E-state index in [9.17, 15) is 18.4 Å². The summed E-state index contributed by atoms with van der Waals surface area (Å²) in [5.74, 6) is -1.05. The fourth-order valence-electron chi connectivity index (χ4n) is 3.85. The number of pyridine rings is 1. The quantitative estimate of drug-likeness (QED) is 0.413. The van der Waals surface area contributed by atoms with E-state index in [4.69, 9.17) is 9.47 Å². The number of carbonyl (C=O) groups is 2. The summed E-state index contributed by atoms with van der Waals surface area (Å²) in [6.45, 7) is 4.32. The van der Waals surface area contributed by atoms with Gasteiger partial charge in [-0.25, -0.2) is 13.8 Å². The van der Waals surface area contributed by atoms with Crippen LogP contribution in [0.2, 0.25) is 0 Å². The van der Waals surface area contributed by atoms with Crippen LogP contribution in [0.15, 0.2) is 54.7 Å². The molecule has 0 saturated heterocycles. The van der Waals surface area contributed by atoms with Crippen molar-refractivity contribution in [2.24, 2.45) is 5.41 Å². The highest BCUT2D eigenvalue weighted by molar-refractivity contribution is 6.16. The third kappa shape index (κ3) is 4.66. The molecule has 3 N–H and O–H groups in total. The third-order valence-corrected chi connectivity index (χ3v) is 6.03. The van der Waals surface area contributed by atoms with Crippen LogP contribution in [0.5, 0.6) is 17.2 Å². The molecule has 0 atom stereocenters. The summed E-state index contributed by atoms with van der Waals surface area (Å²) in [6.07, 6.45) is 2.24. The molecule has 2 heterocycles. The first-order valence-electron chi connectivity index (χ1n) is 11.4. The zero-order valence-electron chi connectivity index (χ0n) is 19.7. The maximum absolute atomic E-state index is 14.9. The van der Waals surface area contributed by atoms with E-state index in [-0.39, 0.29) is 17.0 Å². The molecule has 2 aliphatic rings. The van der Waals surface area contributed by atoms with E-state index in [1.54, 1.807) is 6.07 Å². The first kappa shape index (κ1) is 23.5. The Morgan fingerprint density at radius 3 is 2.31 bits per heavy atom. The molecule has 1 fully saturated rings. The minimum Gasteiger partial charge on any atom is -0.484 e. The second-order valence-corrected chi connectivity index (χ2v) is 9.53. The number of anilines is 3. The normalized spacial score (nSPS) is 16.6. The highest BCUT2D eigenvalue weighted by Gasteiger charge is 2.56. The summed E-state index contributed by atoms with van der Waals surface area (Å²) in [5.41, 5.74) is -0.997. The molecule has 3 aromatic rings. The Kier molecular flexibility index (Phi) is 5.74. The van der Waals surface area contributed by atoms with Crippen molar-refractivity contribution in [3.05, 3.63) is 66.4 Å². The van der Waals surface area contributed by atoms with Gasteiger partial charge in [-0.3, -0.25) is 9.59 Å². The van der Waals surface area contributed by atoms with Gasteiger partial charge in [0, 0.05) is 29.7 Å². The molecule has 186 valence electrons. The second kappa shape index (κ2) is 8.78. The minimum absolute atomic E-state index is 0.0648. The minimum atomic E-state index is -1.26. The van der Waals surface area contributed by atoms with Gasteiger partial charge in [-0.1, -0.05) is 0 Å². The van der Waals surface area contributed by atoms with Crippen LogP contribution in [0.25, 0.3) is 0 Å². The van der Waals surface area contributed by atoms with Crippen LogP contribution in [0.4, 0.5) is 26.0 Å². The Bertz CT molecular complexity index is 1340. The van der Waals surface area contributed by atoms with E-state index in [1.165, 1.54) is 42.6 Å². The van der Waals surface area contributed by atoms with E-state index in [2.05, 4.69) is 20.9 Å². The van der Waals surface area contributed by atoms with Crippen LogP contribution in [-0.4, -0.2) is 28.9 Å². The molecular formula is C26H24F2N4O4. The average Bonchev–Trinajstić information content (AvgIpc) is 3.64. The van der Waals surface area contributed by atoms with Gasteiger partial charge < -0.3 is 25.4 Å². The zero-order valence-corrected chi connectivity index (χ0v) is 19.7. The lowest BCUT2D eigenvalue weighted by atomic mass is 10.0. The van der Waals surface area contributed by atoms with E-state index >= 15 is 0 Å². The third-order valence-electron chi connectivity index (χ3n) is 6.03. The Morgan fingerprint density at radius 1 is 0.972 bits per heavy atom. The summed E-state index contributed by atoms with van der Waals surface area (Å²) in [7, 11) is 0. The average molecular weight is 494 g/mol. The van der Waals surface area contributed by atoms with Gasteiger partial charge >= 0.3 is 0 Å². The van der Waals surface area contributed by atoms with Crippen molar-refractivity contribution in [2.75, 3.05) is 22.6 Å². The van der Waals surface area contributed by atoms with Gasteiger partial charge in [-0.05, 0) is 63.1 Å². The second-order valence-electron chi connectivity index (χ2n) is 9.53. The molecule has 8 nitrogen and oxygen atoms in total. The summed E-state index contributed by atoms with van der Waals surface area (Å²) in [4.78, 5) is 29.8. The smallest absolute Gasteiger partial charge is 0.240 e. The first-order valence-corrected chi connectivity index (χ1v) is 11.4. The number of ether oxygens (including phenoxy) is 2. The van der Waals surface area contributed by atoms with Crippen molar-refractivity contribution in [1.82, 2.24) is 4.98 Å². The molecule has 36 heavy (non-hydrogen) atoms. The number of nitrogens with zero attached hydrogens (tertiary/aromatic N) is 1. The fourth-order valence-corrected chi connectivity index (χ4v) is 3.85. The topological polar surface area (TPSA) is 102 Å². The van der Waals surface area contributed by atoms with Crippen molar-refractivity contribution in [3.8, 4) is 17.2 Å². The number of nitrogens with one attached hydrogen (secondary N) is 3. The van der Waals surface area contributed by atoms with Crippen LogP contribution in [0.3, 0.4) is 0 Å². The number of halogens is 2. The van der Waals surface area contributed by atoms with Gasteiger partial charge in [0.1, 0.15) is 17.8 Å². The number of aromatic nitrogens is 1. The molecule has 1 aliphatic heterocycles. The van der Waals surface area contributed by atoms with Gasteiger partial charge in [0.15, 0.2) is 23.1 Å². The monoisotopic (exact) mass is 494 g/mol. The van der Waals surface area contributed by atoms with E-state index in [0.29, 0.717) is 42.5 Å². The Balaban J connectivity index is 1.26. The lowest BCUT2D eigenvalue weighted by Crippen LogP contribution is -2.41. The van der Waals surface area contributed by atoms with Gasteiger partial charge in [0.05, 0.1) is 5.54 Å². The van der Waals surface area contributed by atoms with Crippen molar-refractivity contribution < 1.29 is 27.8 Å². The van der Waals surface area contributed by atoms with Crippen LogP contribution >= 0.6 is 0 Å². The van der Waals surface area contributed by atoms with Crippen LogP contribution in [0.1, 0.15) is 26.7 Å². The van der Waals surface area contributed by atoms with Crippen molar-refractivity contribution in [1.29, 1.82) is 0 Å². The number of hydrogen-bond acceptors (Lipinski definition) is 6. The number of amides is 2. The molecule has 5 rings (SSSR count). The predicted octanol–water partition coefficient (Wildman–Crippen LogP) is 5.09. The summed E-state index contributed by atoms with van der Waals surface area (Å²) < 4.78 is 39.5. The molecule has 0 spiro atoms. The number of rotatable bonds is 6. The summed E-state index contributed by atoms with van der Waals surface area (Å²) in [5, 5.41) is 8.49. The van der Waals surface area contributed by atoms with E-state index in [1.807, 2.05) is 13.8 Å². The van der Waals surface area contributed by atoms with E-state index in [0.717, 1.165) is 6.07 Å². The number of fused-ring (bicyclic) bond motifs is 1. The van der Waals surface area contributed by atoms with Gasteiger partial charge in [0.25, 0.3) is 0 Å². The molecule has 0 radical (unpaired) electrons. The lowest BCUT2D eigenvalue weighted by molar-refractivity contribution is -0.131. The Hall–Kier alpha value is -4.21. The number of hydrogen-bond donors (Lipinski definition) is 3. The standard InChI is InChI=1S/C26H24F2N4O4/c1-25(2)14-35-21-20(9-12-29-22(21)32-25)36-19-8-7-17(13-18(19)28)31-24(34)26(10-11-26)23(33)30-16-5-3-15(27)4-6-16/h3-9,12-13H,10-11,14H2,1-2H3,(H,29,32)(H,30,33)(H,31,34). The van der Waals surface area contributed by atoms with Gasteiger partial charge in [-0.2, -0.15) is 0 Å². The molecular weight excluding hydrogens is 470 g/mol. The Morgan fingerprint density at radius 2 is 1.64 bits per heavy atom. The molecule has 1 aromatic heterocycles. The highest BCUT2D eigenvalue weighted by atomic mass is 19.1. The molecule has 0 bridgehead atoms. The number of carbonyl (C=O) groups excluding carboxylic acids is 2. The molecule has 2 aromatic carbocycles. The predicted molar refractivity (Wildman–Crippen MR) is 129 cm³/mol. The fraction of sp³-hybridized carbons (Fsp3) is 0.269. The molecule has 2 amide bonds. The van der Waals surface area contributed by atoms with Crippen LogP contribution < -0.4 is 25.4 Å². The van der Waals surface area contributed by atoms with Crippen molar-refractivity contribution >= 4 is 29.0 Å². The zero-order chi connectivity index (χ0) is 25.5. The lowest BCUT2D eigenvalue weighted by Gasteiger charge is -2.33. The molecule has 1 saturated carbocycles. The van der Waals surface area contributed by atoms with Crippen LogP contribution in [-0.2, 0) is 9.59 Å².